The van der Waals surface area contributed by atoms with Crippen molar-refractivity contribution in [1.29, 1.82) is 5.26 Å². The van der Waals surface area contributed by atoms with Gasteiger partial charge in [-0.2, -0.15) is 5.26 Å². The highest BCUT2D eigenvalue weighted by Gasteiger charge is 2.18. The largest absolute Gasteiger partial charge is 0.394 e. The average molecular weight is 261 g/mol. The van der Waals surface area contributed by atoms with E-state index in [0.29, 0.717) is 6.42 Å². The molecular formula is C13H15N3O3. The lowest BCUT2D eigenvalue weighted by Crippen LogP contribution is -2.43. The number of carbonyl (C=O) groups is 2. The number of nitrogens with zero attached hydrogens (tertiary/aromatic N) is 1. The number of anilines is 1. The SMILES string of the molecule is CCC(CO)NC(=O)C(=O)Nc1ccccc1C#N. The molecule has 0 radical (unpaired) electrons. The molecule has 0 aliphatic rings. The Morgan fingerprint density at radius 1 is 1.37 bits per heavy atom. The van der Waals surface area contributed by atoms with Crippen molar-refractivity contribution in [1.82, 2.24) is 5.32 Å². The van der Waals surface area contributed by atoms with Gasteiger partial charge in [-0.15, -0.1) is 0 Å². The summed E-state index contributed by atoms with van der Waals surface area (Å²) in [6.07, 6.45) is 0.518. The monoisotopic (exact) mass is 261 g/mol. The van der Waals surface area contributed by atoms with Crippen LogP contribution in [0.2, 0.25) is 0 Å². The first-order chi connectivity index (χ1) is 9.12. The van der Waals surface area contributed by atoms with Gasteiger partial charge in [0.2, 0.25) is 0 Å². The quantitative estimate of drug-likeness (QED) is 0.682. The van der Waals surface area contributed by atoms with E-state index in [-0.39, 0.29) is 17.9 Å². The summed E-state index contributed by atoms with van der Waals surface area (Å²) in [5, 5.41) is 22.5. The van der Waals surface area contributed by atoms with Crippen LogP contribution in [0.5, 0.6) is 0 Å². The average Bonchev–Trinajstić information content (AvgIpc) is 2.44. The van der Waals surface area contributed by atoms with Crippen molar-refractivity contribution < 1.29 is 14.7 Å². The molecule has 0 saturated heterocycles. The molecule has 1 unspecified atom stereocenters. The number of nitriles is 1. The van der Waals surface area contributed by atoms with Crippen LogP contribution in [0.25, 0.3) is 0 Å². The van der Waals surface area contributed by atoms with Crippen LogP contribution < -0.4 is 10.6 Å². The molecule has 3 N–H and O–H groups in total. The van der Waals surface area contributed by atoms with Crippen LogP contribution in [0.4, 0.5) is 5.69 Å². The van der Waals surface area contributed by atoms with Crippen molar-refractivity contribution in [3.05, 3.63) is 29.8 Å². The maximum atomic E-state index is 11.6. The van der Waals surface area contributed by atoms with E-state index in [1.54, 1.807) is 19.1 Å². The molecule has 1 aromatic rings. The molecule has 6 nitrogen and oxygen atoms in total. The molecule has 6 heteroatoms. The van der Waals surface area contributed by atoms with Crippen LogP contribution in [0.3, 0.4) is 0 Å². The molecule has 1 aromatic carbocycles. The second kappa shape index (κ2) is 7.13. The fourth-order valence-corrected chi connectivity index (χ4v) is 1.40. The van der Waals surface area contributed by atoms with Gasteiger partial charge in [-0.05, 0) is 18.6 Å². The number of hydrogen-bond donors (Lipinski definition) is 3. The highest BCUT2D eigenvalue weighted by Crippen LogP contribution is 2.13. The van der Waals surface area contributed by atoms with E-state index in [2.05, 4.69) is 10.6 Å². The third kappa shape index (κ3) is 4.08. The smallest absolute Gasteiger partial charge is 0.313 e. The summed E-state index contributed by atoms with van der Waals surface area (Å²) in [7, 11) is 0. The molecule has 0 heterocycles. The van der Waals surface area contributed by atoms with Gasteiger partial charge in [-0.3, -0.25) is 9.59 Å². The first-order valence-corrected chi connectivity index (χ1v) is 5.84. The Bertz CT molecular complexity index is 504. The van der Waals surface area contributed by atoms with Crippen molar-refractivity contribution in [3.8, 4) is 6.07 Å². The summed E-state index contributed by atoms with van der Waals surface area (Å²) in [4.78, 5) is 23.2. The number of aliphatic hydroxyl groups excluding tert-OH is 1. The maximum Gasteiger partial charge on any atom is 0.313 e. The van der Waals surface area contributed by atoms with Crippen molar-refractivity contribution in [2.45, 2.75) is 19.4 Å². The second-order valence-corrected chi connectivity index (χ2v) is 3.87. The summed E-state index contributed by atoms with van der Waals surface area (Å²) in [6, 6.07) is 7.84. The molecule has 0 bridgehead atoms. The van der Waals surface area contributed by atoms with E-state index in [0.717, 1.165) is 0 Å². The molecule has 100 valence electrons. The molecule has 0 spiro atoms. The van der Waals surface area contributed by atoms with Gasteiger partial charge in [0, 0.05) is 0 Å². The fourth-order valence-electron chi connectivity index (χ4n) is 1.40. The Morgan fingerprint density at radius 2 is 2.05 bits per heavy atom. The predicted octanol–water partition coefficient (Wildman–Crippen LogP) is 0.384. The Hall–Kier alpha value is -2.39. The molecule has 1 atom stereocenters. The molecule has 0 aromatic heterocycles. The normalized spacial score (nSPS) is 11.2. The first kappa shape index (κ1) is 14.7. The number of hydrogen-bond acceptors (Lipinski definition) is 4. The van der Waals surface area contributed by atoms with Gasteiger partial charge in [-0.1, -0.05) is 19.1 Å². The van der Waals surface area contributed by atoms with E-state index in [9.17, 15) is 9.59 Å². The van der Waals surface area contributed by atoms with E-state index in [1.165, 1.54) is 12.1 Å². The minimum atomic E-state index is -0.866. The summed E-state index contributed by atoms with van der Waals surface area (Å²) < 4.78 is 0. The standard InChI is InChI=1S/C13H15N3O3/c1-2-10(8-17)15-12(18)13(19)16-11-6-4-3-5-9(11)7-14/h3-6,10,17H,2,8H2,1H3,(H,15,18)(H,16,19). The van der Waals surface area contributed by atoms with Gasteiger partial charge in [-0.25, -0.2) is 0 Å². The molecular weight excluding hydrogens is 246 g/mol. The number of carbonyl (C=O) groups excluding carboxylic acids is 2. The predicted molar refractivity (Wildman–Crippen MR) is 69.1 cm³/mol. The molecule has 0 aliphatic carbocycles. The Labute approximate surface area is 111 Å². The summed E-state index contributed by atoms with van der Waals surface area (Å²) in [5.74, 6) is -1.71. The van der Waals surface area contributed by atoms with E-state index >= 15 is 0 Å². The number of nitrogens with one attached hydrogen (secondary N) is 2. The number of rotatable bonds is 4. The number of aliphatic hydroxyl groups is 1. The van der Waals surface area contributed by atoms with Crippen LogP contribution in [0.15, 0.2) is 24.3 Å². The minimum absolute atomic E-state index is 0.232. The molecule has 0 aliphatic heterocycles. The topological polar surface area (TPSA) is 102 Å². The molecule has 0 fully saturated rings. The first-order valence-electron chi connectivity index (χ1n) is 5.84. The Morgan fingerprint density at radius 3 is 2.63 bits per heavy atom. The molecule has 0 saturated carbocycles. The minimum Gasteiger partial charge on any atom is -0.394 e. The number of benzene rings is 1. The number of amides is 2. The van der Waals surface area contributed by atoms with Gasteiger partial charge >= 0.3 is 11.8 Å². The lowest BCUT2D eigenvalue weighted by atomic mass is 10.2. The van der Waals surface area contributed by atoms with Crippen LogP contribution in [-0.2, 0) is 9.59 Å². The van der Waals surface area contributed by atoms with Crippen LogP contribution in [0.1, 0.15) is 18.9 Å². The lowest BCUT2D eigenvalue weighted by Gasteiger charge is -2.13. The fraction of sp³-hybridized carbons (Fsp3) is 0.308. The third-order valence-corrected chi connectivity index (χ3v) is 2.55. The van der Waals surface area contributed by atoms with Crippen molar-refractivity contribution in [2.24, 2.45) is 0 Å². The molecule has 19 heavy (non-hydrogen) atoms. The van der Waals surface area contributed by atoms with Crippen molar-refractivity contribution >= 4 is 17.5 Å². The van der Waals surface area contributed by atoms with Crippen LogP contribution in [-0.4, -0.2) is 29.6 Å². The second-order valence-electron chi connectivity index (χ2n) is 3.87. The third-order valence-electron chi connectivity index (χ3n) is 2.55. The molecule has 1 rings (SSSR count). The zero-order valence-electron chi connectivity index (χ0n) is 10.5. The highest BCUT2D eigenvalue weighted by molar-refractivity contribution is 6.39. The zero-order chi connectivity index (χ0) is 14.3. The van der Waals surface area contributed by atoms with Gasteiger partial charge in [0.05, 0.1) is 23.9 Å². The lowest BCUT2D eigenvalue weighted by molar-refractivity contribution is -0.136. The van der Waals surface area contributed by atoms with Crippen molar-refractivity contribution in [2.75, 3.05) is 11.9 Å². The Kier molecular flexibility index (Phi) is 5.51. The molecule has 2 amide bonds. The van der Waals surface area contributed by atoms with Gasteiger partial charge in [0.15, 0.2) is 0 Å². The maximum absolute atomic E-state index is 11.6. The Balaban J connectivity index is 2.69. The van der Waals surface area contributed by atoms with Crippen LogP contribution >= 0.6 is 0 Å². The highest BCUT2D eigenvalue weighted by atomic mass is 16.3. The van der Waals surface area contributed by atoms with E-state index in [4.69, 9.17) is 10.4 Å². The summed E-state index contributed by atoms with van der Waals surface area (Å²) in [6.45, 7) is 1.55. The van der Waals surface area contributed by atoms with Crippen LogP contribution in [0, 0.1) is 11.3 Å². The van der Waals surface area contributed by atoms with Gasteiger partial charge in [0.1, 0.15) is 6.07 Å². The zero-order valence-corrected chi connectivity index (χ0v) is 10.5. The van der Waals surface area contributed by atoms with Crippen molar-refractivity contribution in [3.63, 3.8) is 0 Å². The number of para-hydroxylation sites is 1. The summed E-state index contributed by atoms with van der Waals surface area (Å²) >= 11 is 0. The van der Waals surface area contributed by atoms with Gasteiger partial charge < -0.3 is 15.7 Å². The van der Waals surface area contributed by atoms with E-state index < -0.39 is 17.9 Å². The summed E-state index contributed by atoms with van der Waals surface area (Å²) in [5.41, 5.74) is 0.556. The van der Waals surface area contributed by atoms with E-state index in [1.807, 2.05) is 6.07 Å². The van der Waals surface area contributed by atoms with Gasteiger partial charge in [0.25, 0.3) is 0 Å².